The van der Waals surface area contributed by atoms with Crippen LogP contribution in [0.3, 0.4) is 0 Å². The smallest absolute Gasteiger partial charge is 0.308 e. The lowest BCUT2D eigenvalue weighted by Crippen LogP contribution is -2.40. The monoisotopic (exact) mass is 405 g/mol. The lowest BCUT2D eigenvalue weighted by molar-refractivity contribution is -0.146. The minimum atomic E-state index is -0.210. The number of aryl methyl sites for hydroxylation is 1. The molecule has 4 rings (SSSR count). The number of benzene rings is 2. The molecule has 154 valence electrons. The van der Waals surface area contributed by atoms with Crippen molar-refractivity contribution in [1.29, 1.82) is 0 Å². The van der Waals surface area contributed by atoms with E-state index in [2.05, 4.69) is 0 Å². The Morgan fingerprint density at radius 3 is 2.40 bits per heavy atom. The van der Waals surface area contributed by atoms with E-state index in [4.69, 9.17) is 9.15 Å². The molecule has 1 aliphatic heterocycles. The molecule has 30 heavy (non-hydrogen) atoms. The summed E-state index contributed by atoms with van der Waals surface area (Å²) in [5.41, 5.74) is 2.74. The zero-order valence-corrected chi connectivity index (χ0v) is 17.0. The Morgan fingerprint density at radius 2 is 1.73 bits per heavy atom. The number of nitrogens with zero attached hydrogens (tertiary/aromatic N) is 1. The number of ether oxygens (including phenoxy) is 1. The third-order valence-electron chi connectivity index (χ3n) is 5.62. The number of carbonyl (C=O) groups is 2. The first-order chi connectivity index (χ1) is 14.5. The van der Waals surface area contributed by atoms with E-state index in [0.29, 0.717) is 48.2 Å². The first-order valence-electron chi connectivity index (χ1n) is 9.98. The maximum atomic E-state index is 12.8. The number of likely N-dealkylation sites (tertiary alicyclic amines) is 1. The van der Waals surface area contributed by atoms with Gasteiger partial charge in [-0.3, -0.25) is 14.4 Å². The molecule has 0 atom stereocenters. The zero-order valence-electron chi connectivity index (χ0n) is 17.0. The van der Waals surface area contributed by atoms with Crippen molar-refractivity contribution in [3.05, 3.63) is 69.9 Å². The average molecular weight is 405 g/mol. The Kier molecular flexibility index (Phi) is 5.40. The van der Waals surface area contributed by atoms with Crippen LogP contribution in [0.5, 0.6) is 0 Å². The van der Waals surface area contributed by atoms with Crippen LogP contribution in [0, 0.1) is 12.8 Å². The van der Waals surface area contributed by atoms with Crippen molar-refractivity contribution < 1.29 is 18.7 Å². The van der Waals surface area contributed by atoms with Crippen molar-refractivity contribution >= 4 is 22.8 Å². The Bertz CT molecular complexity index is 1150. The molecule has 1 saturated heterocycles. The number of esters is 1. The summed E-state index contributed by atoms with van der Waals surface area (Å²) >= 11 is 0. The van der Waals surface area contributed by atoms with E-state index in [1.807, 2.05) is 19.1 Å². The highest BCUT2D eigenvalue weighted by molar-refractivity contribution is 5.95. The maximum absolute atomic E-state index is 12.8. The third-order valence-corrected chi connectivity index (χ3v) is 5.62. The first-order valence-corrected chi connectivity index (χ1v) is 9.98. The summed E-state index contributed by atoms with van der Waals surface area (Å²) in [6.45, 7) is 2.99. The fourth-order valence-electron chi connectivity index (χ4n) is 3.86. The molecule has 6 heteroatoms. The molecule has 0 radical (unpaired) electrons. The van der Waals surface area contributed by atoms with Gasteiger partial charge in [0.1, 0.15) is 11.3 Å². The van der Waals surface area contributed by atoms with Gasteiger partial charge in [0.25, 0.3) is 5.91 Å². The van der Waals surface area contributed by atoms with Gasteiger partial charge in [-0.25, -0.2) is 0 Å². The third kappa shape index (κ3) is 3.85. The van der Waals surface area contributed by atoms with Crippen LogP contribution < -0.4 is 5.43 Å². The Balaban J connectivity index is 1.51. The molecule has 1 aromatic heterocycles. The number of hydrogen-bond donors (Lipinski definition) is 0. The lowest BCUT2D eigenvalue weighted by atomic mass is 9.96. The number of rotatable bonds is 3. The predicted octanol–water partition coefficient (Wildman–Crippen LogP) is 3.79. The Hall–Kier alpha value is -3.41. The van der Waals surface area contributed by atoms with Gasteiger partial charge in [0, 0.05) is 30.3 Å². The van der Waals surface area contributed by atoms with E-state index in [1.54, 1.807) is 35.2 Å². The van der Waals surface area contributed by atoms with Crippen LogP contribution in [-0.4, -0.2) is 37.0 Å². The van der Waals surface area contributed by atoms with Crippen LogP contribution in [0.25, 0.3) is 22.3 Å². The molecule has 0 bridgehead atoms. The SMILES string of the molecule is COC(=O)C1CCN(C(=O)c2ccc(-c3cc(=O)c4cc(C)ccc4o3)cc2)CC1. The van der Waals surface area contributed by atoms with Gasteiger partial charge in [0.05, 0.1) is 18.4 Å². The van der Waals surface area contributed by atoms with Crippen molar-refractivity contribution in [3.63, 3.8) is 0 Å². The standard InChI is InChI=1S/C24H23NO5/c1-15-3-8-21-19(13-15)20(26)14-22(30-21)16-4-6-17(7-5-16)23(27)25-11-9-18(10-12-25)24(28)29-2/h3-8,13-14,18H,9-12H2,1-2H3. The summed E-state index contributed by atoms with van der Waals surface area (Å²) < 4.78 is 10.7. The van der Waals surface area contributed by atoms with E-state index < -0.39 is 0 Å². The summed E-state index contributed by atoms with van der Waals surface area (Å²) in [4.78, 5) is 38.6. The predicted molar refractivity (Wildman–Crippen MR) is 113 cm³/mol. The second-order valence-electron chi connectivity index (χ2n) is 7.64. The van der Waals surface area contributed by atoms with E-state index in [0.717, 1.165) is 11.1 Å². The highest BCUT2D eigenvalue weighted by atomic mass is 16.5. The summed E-state index contributed by atoms with van der Waals surface area (Å²) in [5, 5.41) is 0.556. The van der Waals surface area contributed by atoms with Crippen LogP contribution in [0.4, 0.5) is 0 Å². The van der Waals surface area contributed by atoms with Gasteiger partial charge in [-0.1, -0.05) is 23.8 Å². The molecule has 1 aliphatic rings. The minimum Gasteiger partial charge on any atom is -0.469 e. The van der Waals surface area contributed by atoms with E-state index in [1.165, 1.54) is 13.2 Å². The van der Waals surface area contributed by atoms with Gasteiger partial charge in [-0.05, 0) is 44.0 Å². The highest BCUT2D eigenvalue weighted by Gasteiger charge is 2.28. The second kappa shape index (κ2) is 8.14. The summed E-state index contributed by atoms with van der Waals surface area (Å²) in [6, 6.07) is 14.0. The molecule has 0 spiro atoms. The molecule has 0 aliphatic carbocycles. The van der Waals surface area contributed by atoms with Gasteiger partial charge in [0.2, 0.25) is 0 Å². The van der Waals surface area contributed by atoms with E-state index in [-0.39, 0.29) is 23.2 Å². The van der Waals surface area contributed by atoms with Crippen LogP contribution in [0.15, 0.2) is 57.7 Å². The molecule has 0 saturated carbocycles. The van der Waals surface area contributed by atoms with Gasteiger partial charge in [0.15, 0.2) is 5.43 Å². The van der Waals surface area contributed by atoms with E-state index in [9.17, 15) is 14.4 Å². The minimum absolute atomic E-state index is 0.0692. The molecule has 0 N–H and O–H groups in total. The molecule has 1 amide bonds. The fraction of sp³-hybridized carbons (Fsp3) is 0.292. The summed E-state index contributed by atoms with van der Waals surface area (Å²) in [7, 11) is 1.39. The van der Waals surface area contributed by atoms with Gasteiger partial charge in [-0.15, -0.1) is 0 Å². The van der Waals surface area contributed by atoms with E-state index >= 15 is 0 Å². The normalized spacial score (nSPS) is 14.7. The molecule has 2 aromatic carbocycles. The topological polar surface area (TPSA) is 76.8 Å². The second-order valence-corrected chi connectivity index (χ2v) is 7.64. The van der Waals surface area contributed by atoms with Crippen molar-refractivity contribution in [2.24, 2.45) is 5.92 Å². The van der Waals surface area contributed by atoms with Crippen LogP contribution in [-0.2, 0) is 9.53 Å². The number of fused-ring (bicyclic) bond motifs is 1. The number of carbonyl (C=O) groups excluding carboxylic acids is 2. The number of methoxy groups -OCH3 is 1. The molecule has 0 unspecified atom stereocenters. The van der Waals surface area contributed by atoms with Gasteiger partial charge >= 0.3 is 5.97 Å². The average Bonchev–Trinajstić information content (AvgIpc) is 2.78. The molecule has 6 nitrogen and oxygen atoms in total. The molecular formula is C24H23NO5. The molecule has 2 heterocycles. The van der Waals surface area contributed by atoms with Crippen molar-refractivity contribution in [2.75, 3.05) is 20.2 Å². The fourth-order valence-corrected chi connectivity index (χ4v) is 3.86. The molecular weight excluding hydrogens is 382 g/mol. The lowest BCUT2D eigenvalue weighted by Gasteiger charge is -2.30. The van der Waals surface area contributed by atoms with Crippen molar-refractivity contribution in [2.45, 2.75) is 19.8 Å². The summed E-state index contributed by atoms with van der Waals surface area (Å²) in [5.74, 6) is 0.0501. The summed E-state index contributed by atoms with van der Waals surface area (Å²) in [6.07, 6.45) is 1.22. The van der Waals surface area contributed by atoms with Crippen LogP contribution >= 0.6 is 0 Å². The highest BCUT2D eigenvalue weighted by Crippen LogP contribution is 2.25. The zero-order chi connectivity index (χ0) is 21.3. The van der Waals surface area contributed by atoms with Crippen LogP contribution in [0.2, 0.25) is 0 Å². The van der Waals surface area contributed by atoms with Crippen LogP contribution in [0.1, 0.15) is 28.8 Å². The largest absolute Gasteiger partial charge is 0.469 e. The van der Waals surface area contributed by atoms with Crippen molar-refractivity contribution in [3.8, 4) is 11.3 Å². The van der Waals surface area contributed by atoms with Gasteiger partial charge in [-0.2, -0.15) is 0 Å². The van der Waals surface area contributed by atoms with Gasteiger partial charge < -0.3 is 14.1 Å². The first kappa shape index (κ1) is 19.9. The quantitative estimate of drug-likeness (QED) is 0.620. The number of hydrogen-bond acceptors (Lipinski definition) is 5. The maximum Gasteiger partial charge on any atom is 0.308 e. The molecule has 1 fully saturated rings. The number of piperidine rings is 1. The van der Waals surface area contributed by atoms with Crippen molar-refractivity contribution in [1.82, 2.24) is 4.90 Å². The molecule has 3 aromatic rings. The Morgan fingerprint density at radius 1 is 1.03 bits per heavy atom. The number of amides is 1. The Labute approximate surface area is 174 Å².